The van der Waals surface area contributed by atoms with Gasteiger partial charge in [-0.3, -0.25) is 5.01 Å². The Kier molecular flexibility index (Phi) is 6.10. The third-order valence-corrected chi connectivity index (χ3v) is 3.49. The lowest BCUT2D eigenvalue weighted by Gasteiger charge is -2.25. The van der Waals surface area contributed by atoms with Gasteiger partial charge in [0.1, 0.15) is 0 Å². The molecule has 23 heavy (non-hydrogen) atoms. The molecule has 0 fully saturated rings. The third-order valence-electron chi connectivity index (χ3n) is 3.49. The van der Waals surface area contributed by atoms with Crippen LogP contribution in [0.3, 0.4) is 0 Å². The standard InChI is InChI=1S/C20H25N3/c1-16(2)23(17(3)4)22-21-20(19-13-9-6-10-14-19)15-18-11-7-5-8-12-18/h5-17H,1-4H3/b20-15+,22-21?. The van der Waals surface area contributed by atoms with Crippen LogP contribution in [0.15, 0.2) is 71.0 Å². The van der Waals surface area contributed by atoms with Crippen LogP contribution in [0.5, 0.6) is 0 Å². The van der Waals surface area contributed by atoms with E-state index >= 15 is 0 Å². The molecule has 0 saturated heterocycles. The minimum Gasteiger partial charge on any atom is -0.273 e. The van der Waals surface area contributed by atoms with Gasteiger partial charge in [0.2, 0.25) is 0 Å². The number of hydrogen-bond donors (Lipinski definition) is 0. The Morgan fingerprint density at radius 2 is 1.35 bits per heavy atom. The van der Waals surface area contributed by atoms with Crippen LogP contribution in [0.1, 0.15) is 38.8 Å². The maximum absolute atomic E-state index is 4.54. The summed E-state index contributed by atoms with van der Waals surface area (Å²) in [4.78, 5) is 0. The summed E-state index contributed by atoms with van der Waals surface area (Å²) >= 11 is 0. The Bertz CT molecular complexity index is 635. The molecule has 0 unspecified atom stereocenters. The lowest BCUT2D eigenvalue weighted by molar-refractivity contribution is 0.170. The molecule has 0 N–H and O–H groups in total. The van der Waals surface area contributed by atoms with Crippen molar-refractivity contribution in [3.8, 4) is 0 Å². The molecular formula is C20H25N3. The zero-order valence-electron chi connectivity index (χ0n) is 14.3. The molecule has 0 aliphatic carbocycles. The van der Waals surface area contributed by atoms with Crippen molar-refractivity contribution in [2.24, 2.45) is 10.3 Å². The van der Waals surface area contributed by atoms with Crippen LogP contribution in [0.25, 0.3) is 11.8 Å². The number of hydrogen-bond acceptors (Lipinski definition) is 2. The van der Waals surface area contributed by atoms with E-state index in [9.17, 15) is 0 Å². The molecule has 0 spiro atoms. The Balaban J connectivity index is 2.37. The van der Waals surface area contributed by atoms with Crippen LogP contribution in [0, 0.1) is 0 Å². The van der Waals surface area contributed by atoms with E-state index in [0.29, 0.717) is 12.1 Å². The first kappa shape index (κ1) is 16.9. The maximum atomic E-state index is 4.54. The fourth-order valence-corrected chi connectivity index (χ4v) is 2.39. The lowest BCUT2D eigenvalue weighted by atomic mass is 10.1. The van der Waals surface area contributed by atoms with Crippen LogP contribution in [0.2, 0.25) is 0 Å². The average molecular weight is 307 g/mol. The number of benzene rings is 2. The zero-order valence-corrected chi connectivity index (χ0v) is 14.3. The van der Waals surface area contributed by atoms with Crippen LogP contribution < -0.4 is 0 Å². The molecule has 2 aromatic rings. The van der Waals surface area contributed by atoms with E-state index in [-0.39, 0.29) is 0 Å². The molecule has 3 heteroatoms. The summed E-state index contributed by atoms with van der Waals surface area (Å²) in [5.74, 6) is 0. The Labute approximate surface area is 139 Å². The lowest BCUT2D eigenvalue weighted by Crippen LogP contribution is -2.31. The molecule has 120 valence electrons. The van der Waals surface area contributed by atoms with Gasteiger partial charge >= 0.3 is 0 Å². The minimum atomic E-state index is 0.312. The third kappa shape index (κ3) is 5.06. The molecule has 0 atom stereocenters. The fourth-order valence-electron chi connectivity index (χ4n) is 2.39. The summed E-state index contributed by atoms with van der Waals surface area (Å²) in [6, 6.07) is 21.0. The second kappa shape index (κ2) is 8.28. The quantitative estimate of drug-likeness (QED) is 0.384. The van der Waals surface area contributed by atoms with Crippen molar-refractivity contribution < 1.29 is 0 Å². The topological polar surface area (TPSA) is 28.0 Å². The van der Waals surface area contributed by atoms with Crippen LogP contribution in [0.4, 0.5) is 0 Å². The van der Waals surface area contributed by atoms with Gasteiger partial charge < -0.3 is 0 Å². The van der Waals surface area contributed by atoms with E-state index in [2.05, 4.69) is 68.4 Å². The van der Waals surface area contributed by atoms with Gasteiger partial charge in [0, 0.05) is 17.6 Å². The van der Waals surface area contributed by atoms with Crippen LogP contribution in [-0.4, -0.2) is 17.1 Å². The van der Waals surface area contributed by atoms with E-state index < -0.39 is 0 Å². The molecule has 0 radical (unpaired) electrons. The van der Waals surface area contributed by atoms with Gasteiger partial charge in [-0.05, 0) is 39.3 Å². The second-order valence-corrected chi connectivity index (χ2v) is 6.06. The predicted octanol–water partition coefficient (Wildman–Crippen LogP) is 5.67. The molecule has 2 rings (SSSR count). The van der Waals surface area contributed by atoms with E-state index in [4.69, 9.17) is 0 Å². The van der Waals surface area contributed by atoms with E-state index in [1.807, 2.05) is 41.4 Å². The average Bonchev–Trinajstić information content (AvgIpc) is 2.55. The molecule has 0 bridgehead atoms. The van der Waals surface area contributed by atoms with Crippen molar-refractivity contribution in [3.05, 3.63) is 71.8 Å². The molecule has 0 heterocycles. The van der Waals surface area contributed by atoms with Gasteiger partial charge in [0.05, 0.1) is 5.70 Å². The summed E-state index contributed by atoms with van der Waals surface area (Å²) in [6.07, 6.45) is 2.07. The van der Waals surface area contributed by atoms with Crippen molar-refractivity contribution in [2.45, 2.75) is 39.8 Å². The van der Waals surface area contributed by atoms with Gasteiger partial charge in [-0.2, -0.15) is 0 Å². The molecular weight excluding hydrogens is 282 g/mol. The predicted molar refractivity (Wildman–Crippen MR) is 97.7 cm³/mol. The summed E-state index contributed by atoms with van der Waals surface area (Å²) in [5.41, 5.74) is 3.04. The molecule has 0 aliphatic heterocycles. The van der Waals surface area contributed by atoms with Gasteiger partial charge in [0.15, 0.2) is 0 Å². The number of nitrogens with zero attached hydrogens (tertiary/aromatic N) is 3. The highest BCUT2D eigenvalue weighted by molar-refractivity contribution is 5.80. The first-order valence-electron chi connectivity index (χ1n) is 8.10. The molecule has 0 amide bonds. The zero-order chi connectivity index (χ0) is 16.7. The first-order chi connectivity index (χ1) is 11.1. The van der Waals surface area contributed by atoms with Gasteiger partial charge in [0.25, 0.3) is 0 Å². The minimum absolute atomic E-state index is 0.312. The van der Waals surface area contributed by atoms with Gasteiger partial charge in [-0.15, -0.1) is 5.11 Å². The highest BCUT2D eigenvalue weighted by Crippen LogP contribution is 2.21. The van der Waals surface area contributed by atoms with E-state index in [0.717, 1.165) is 16.8 Å². The normalized spacial score (nSPS) is 12.3. The summed E-state index contributed by atoms with van der Waals surface area (Å²) in [7, 11) is 0. The van der Waals surface area contributed by atoms with Crippen LogP contribution >= 0.6 is 0 Å². The molecule has 0 aliphatic rings. The Morgan fingerprint density at radius 3 is 1.87 bits per heavy atom. The van der Waals surface area contributed by atoms with Crippen molar-refractivity contribution in [2.75, 3.05) is 0 Å². The molecule has 2 aromatic carbocycles. The molecule has 0 aromatic heterocycles. The van der Waals surface area contributed by atoms with E-state index in [1.54, 1.807) is 0 Å². The summed E-state index contributed by atoms with van der Waals surface area (Å²) in [5, 5.41) is 11.0. The monoisotopic (exact) mass is 307 g/mol. The Morgan fingerprint density at radius 1 is 0.826 bits per heavy atom. The van der Waals surface area contributed by atoms with Crippen molar-refractivity contribution >= 4 is 11.8 Å². The molecule has 0 saturated carbocycles. The highest BCUT2D eigenvalue weighted by Gasteiger charge is 2.11. The van der Waals surface area contributed by atoms with Crippen LogP contribution in [-0.2, 0) is 0 Å². The largest absolute Gasteiger partial charge is 0.273 e. The smallest absolute Gasteiger partial charge is 0.0952 e. The van der Waals surface area contributed by atoms with Crippen molar-refractivity contribution in [1.29, 1.82) is 0 Å². The Hall–Kier alpha value is -2.42. The SMILES string of the molecule is CC(C)N(N=N/C(=C/c1ccccc1)c1ccccc1)C(C)C. The van der Waals surface area contributed by atoms with E-state index in [1.165, 1.54) is 0 Å². The maximum Gasteiger partial charge on any atom is 0.0952 e. The second-order valence-electron chi connectivity index (χ2n) is 6.06. The van der Waals surface area contributed by atoms with Gasteiger partial charge in [-0.1, -0.05) is 65.9 Å². The van der Waals surface area contributed by atoms with Gasteiger partial charge in [-0.25, -0.2) is 0 Å². The number of rotatable bonds is 6. The van der Waals surface area contributed by atoms with Crippen molar-refractivity contribution in [1.82, 2.24) is 5.01 Å². The fraction of sp³-hybridized carbons (Fsp3) is 0.300. The first-order valence-corrected chi connectivity index (χ1v) is 8.10. The molecule has 3 nitrogen and oxygen atoms in total. The summed E-state index contributed by atoms with van der Waals surface area (Å²) < 4.78 is 0. The highest BCUT2D eigenvalue weighted by atomic mass is 15.6. The summed E-state index contributed by atoms with van der Waals surface area (Å²) in [6.45, 7) is 8.51. The van der Waals surface area contributed by atoms with Crippen molar-refractivity contribution in [3.63, 3.8) is 0 Å².